The van der Waals surface area contributed by atoms with Crippen LogP contribution in [-0.2, 0) is 17.8 Å². The summed E-state index contributed by atoms with van der Waals surface area (Å²) in [6, 6.07) is 29.8. The van der Waals surface area contributed by atoms with Gasteiger partial charge in [-0.3, -0.25) is 14.4 Å². The van der Waals surface area contributed by atoms with Gasteiger partial charge in [-0.1, -0.05) is 72.8 Å². The molecule has 1 N–H and O–H groups in total. The number of carboxylic acid groups (broad SMARTS) is 1. The Kier molecular flexibility index (Phi) is 11.1. The molecule has 0 saturated heterocycles. The van der Waals surface area contributed by atoms with Crippen LogP contribution >= 0.6 is 0 Å². The molecule has 0 spiro atoms. The number of amides is 2. The third-order valence-corrected chi connectivity index (χ3v) is 7.30. The predicted molar refractivity (Wildman–Crippen MR) is 170 cm³/mol. The Morgan fingerprint density at radius 1 is 0.727 bits per heavy atom. The van der Waals surface area contributed by atoms with Crippen LogP contribution in [0.5, 0.6) is 11.5 Å². The average Bonchev–Trinajstić information content (AvgIpc) is 3.04. The van der Waals surface area contributed by atoms with E-state index in [1.165, 1.54) is 0 Å². The number of hydrogen-bond donors (Lipinski definition) is 1. The molecule has 0 saturated carbocycles. The Morgan fingerprint density at radius 3 is 1.95 bits per heavy atom. The van der Waals surface area contributed by atoms with Crippen LogP contribution in [0.25, 0.3) is 11.1 Å². The summed E-state index contributed by atoms with van der Waals surface area (Å²) >= 11 is 0. The number of methoxy groups -OCH3 is 1. The van der Waals surface area contributed by atoms with Gasteiger partial charge in [0.05, 0.1) is 20.1 Å². The molecule has 0 atom stereocenters. The number of carbonyl (C=O) groups is 3. The number of benzene rings is 4. The zero-order valence-electron chi connectivity index (χ0n) is 25.4. The van der Waals surface area contributed by atoms with Crippen LogP contribution in [0, 0.1) is 0 Å². The number of carbonyl (C=O) groups excluding carboxylic acids is 2. The highest BCUT2D eigenvalue weighted by atomic mass is 16.5. The second-order valence-electron chi connectivity index (χ2n) is 10.3. The number of aliphatic carboxylic acids is 1. The summed E-state index contributed by atoms with van der Waals surface area (Å²) in [7, 11) is 3.33. The molecular weight excluding hydrogens is 556 g/mol. The fourth-order valence-corrected chi connectivity index (χ4v) is 5.07. The highest BCUT2D eigenvalue weighted by Gasteiger charge is 2.24. The maximum Gasteiger partial charge on any atom is 0.305 e. The van der Waals surface area contributed by atoms with Crippen molar-refractivity contribution in [2.45, 2.75) is 26.3 Å². The first-order valence-corrected chi connectivity index (χ1v) is 14.6. The van der Waals surface area contributed by atoms with Crippen molar-refractivity contribution in [2.75, 3.05) is 33.9 Å². The first-order chi connectivity index (χ1) is 21.3. The first-order valence-electron chi connectivity index (χ1n) is 14.6. The van der Waals surface area contributed by atoms with E-state index in [0.29, 0.717) is 59.9 Å². The summed E-state index contributed by atoms with van der Waals surface area (Å²) in [5.41, 5.74) is 4.05. The molecule has 0 unspecified atom stereocenters. The molecule has 0 aromatic heterocycles. The lowest BCUT2D eigenvalue weighted by Crippen LogP contribution is -2.35. The molecular formula is C36H38N2O6. The molecule has 4 aromatic rings. The van der Waals surface area contributed by atoms with Crippen molar-refractivity contribution in [1.82, 2.24) is 9.80 Å². The van der Waals surface area contributed by atoms with Gasteiger partial charge < -0.3 is 24.4 Å². The highest BCUT2D eigenvalue weighted by molar-refractivity contribution is 6.06. The quantitative estimate of drug-likeness (QED) is 0.187. The van der Waals surface area contributed by atoms with Gasteiger partial charge in [0.1, 0.15) is 0 Å². The third kappa shape index (κ3) is 8.04. The maximum atomic E-state index is 14.1. The van der Waals surface area contributed by atoms with E-state index < -0.39 is 5.97 Å². The van der Waals surface area contributed by atoms with Gasteiger partial charge in [0.2, 0.25) is 0 Å². The van der Waals surface area contributed by atoms with Gasteiger partial charge >= 0.3 is 5.97 Å². The molecule has 0 heterocycles. The number of carboxylic acids is 1. The minimum Gasteiger partial charge on any atom is -0.493 e. The summed E-state index contributed by atoms with van der Waals surface area (Å²) in [6.45, 7) is 3.14. The predicted octanol–water partition coefficient (Wildman–Crippen LogP) is 6.19. The summed E-state index contributed by atoms with van der Waals surface area (Å²) in [6.07, 6.45) is 0.289. The van der Waals surface area contributed by atoms with E-state index >= 15 is 0 Å². The van der Waals surface area contributed by atoms with Crippen molar-refractivity contribution >= 4 is 17.8 Å². The van der Waals surface area contributed by atoms with Crippen molar-refractivity contribution in [2.24, 2.45) is 0 Å². The Morgan fingerprint density at radius 2 is 1.34 bits per heavy atom. The van der Waals surface area contributed by atoms with E-state index in [0.717, 1.165) is 11.1 Å². The Balaban J connectivity index is 1.63. The highest BCUT2D eigenvalue weighted by Crippen LogP contribution is 2.31. The lowest BCUT2D eigenvalue weighted by Gasteiger charge is -2.25. The second kappa shape index (κ2) is 15.4. The lowest BCUT2D eigenvalue weighted by atomic mass is 9.94. The zero-order valence-corrected chi connectivity index (χ0v) is 25.4. The van der Waals surface area contributed by atoms with Crippen LogP contribution in [-0.4, -0.2) is 66.5 Å². The van der Waals surface area contributed by atoms with Gasteiger partial charge in [0.25, 0.3) is 11.8 Å². The van der Waals surface area contributed by atoms with Crippen LogP contribution in [0.15, 0.2) is 97.1 Å². The van der Waals surface area contributed by atoms with Gasteiger partial charge in [-0.15, -0.1) is 0 Å². The van der Waals surface area contributed by atoms with E-state index in [1.54, 1.807) is 42.2 Å². The Hall–Kier alpha value is -5.11. The van der Waals surface area contributed by atoms with E-state index in [1.807, 2.05) is 85.8 Å². The van der Waals surface area contributed by atoms with Crippen LogP contribution in [0.4, 0.5) is 0 Å². The lowest BCUT2D eigenvalue weighted by molar-refractivity contribution is -0.137. The maximum absolute atomic E-state index is 14.1. The normalized spacial score (nSPS) is 10.6. The van der Waals surface area contributed by atoms with Gasteiger partial charge in [-0.25, -0.2) is 0 Å². The molecule has 0 aliphatic rings. The van der Waals surface area contributed by atoms with Crippen molar-refractivity contribution in [3.8, 4) is 22.6 Å². The monoisotopic (exact) mass is 594 g/mol. The summed E-state index contributed by atoms with van der Waals surface area (Å²) in [5, 5.41) is 9.43. The van der Waals surface area contributed by atoms with Gasteiger partial charge in [0, 0.05) is 37.8 Å². The van der Waals surface area contributed by atoms with Gasteiger partial charge in [-0.05, 0) is 59.9 Å². The minimum atomic E-state index is -0.989. The average molecular weight is 595 g/mol. The number of hydrogen-bond acceptors (Lipinski definition) is 5. The van der Waals surface area contributed by atoms with Crippen molar-refractivity contribution in [1.29, 1.82) is 0 Å². The van der Waals surface area contributed by atoms with Crippen LogP contribution in [0.1, 0.15) is 45.2 Å². The molecule has 4 rings (SSSR count). The molecule has 0 radical (unpaired) electrons. The molecule has 4 aromatic carbocycles. The molecule has 0 aliphatic heterocycles. The summed E-state index contributed by atoms with van der Waals surface area (Å²) in [5.74, 6) is -0.235. The standard InChI is InChI=1S/C36H38N2O6/c1-4-44-33-24-26(18-19-32(33)43-3)20-22-38(23-21-34(39)40)36(42)31-17-11-9-15-29(31)28-14-8-10-16-30(28)35(41)37(2)25-27-12-6-5-7-13-27/h5-19,24H,4,20-23,25H2,1-3H3,(H,39,40). The van der Waals surface area contributed by atoms with Crippen LogP contribution < -0.4 is 9.47 Å². The van der Waals surface area contributed by atoms with E-state index in [2.05, 4.69) is 0 Å². The smallest absolute Gasteiger partial charge is 0.305 e. The Labute approximate surface area is 258 Å². The zero-order chi connectivity index (χ0) is 31.5. The molecule has 228 valence electrons. The number of rotatable bonds is 14. The van der Waals surface area contributed by atoms with Crippen molar-refractivity contribution < 1.29 is 29.0 Å². The summed E-state index contributed by atoms with van der Waals surface area (Å²) in [4.78, 5) is 42.5. The van der Waals surface area contributed by atoms with E-state index in [9.17, 15) is 19.5 Å². The van der Waals surface area contributed by atoms with E-state index in [-0.39, 0.29) is 24.8 Å². The van der Waals surface area contributed by atoms with Gasteiger partial charge in [0.15, 0.2) is 11.5 Å². The fraction of sp³-hybridized carbons (Fsp3) is 0.250. The summed E-state index contributed by atoms with van der Waals surface area (Å²) < 4.78 is 11.1. The number of nitrogens with zero attached hydrogens (tertiary/aromatic N) is 2. The van der Waals surface area contributed by atoms with Crippen molar-refractivity contribution in [3.63, 3.8) is 0 Å². The SMILES string of the molecule is CCOc1cc(CCN(CCC(=O)O)C(=O)c2ccccc2-c2ccccc2C(=O)N(C)Cc2ccccc2)ccc1OC. The Bertz CT molecular complexity index is 1590. The molecule has 8 nitrogen and oxygen atoms in total. The van der Waals surface area contributed by atoms with Gasteiger partial charge in [-0.2, -0.15) is 0 Å². The molecule has 0 aliphatic carbocycles. The fourth-order valence-electron chi connectivity index (χ4n) is 5.07. The molecule has 2 amide bonds. The minimum absolute atomic E-state index is 0.0391. The molecule has 44 heavy (non-hydrogen) atoms. The topological polar surface area (TPSA) is 96.4 Å². The largest absolute Gasteiger partial charge is 0.493 e. The number of ether oxygens (including phenoxy) is 2. The molecule has 0 fully saturated rings. The van der Waals surface area contributed by atoms with Crippen molar-refractivity contribution in [3.05, 3.63) is 119 Å². The molecule has 0 bridgehead atoms. The third-order valence-electron chi connectivity index (χ3n) is 7.30. The van der Waals surface area contributed by atoms with Crippen LogP contribution in [0.3, 0.4) is 0 Å². The van der Waals surface area contributed by atoms with Crippen LogP contribution in [0.2, 0.25) is 0 Å². The van der Waals surface area contributed by atoms with E-state index in [4.69, 9.17) is 9.47 Å². The second-order valence-corrected chi connectivity index (χ2v) is 10.3. The first kappa shape index (κ1) is 31.8. The molecule has 8 heteroatoms.